The number of pyridine rings is 1. The number of aromatic nitrogens is 1. The van der Waals surface area contributed by atoms with Gasteiger partial charge in [0.25, 0.3) is 0 Å². The molecule has 5 rings (SSSR count). The summed E-state index contributed by atoms with van der Waals surface area (Å²) >= 11 is 12.3. The maximum absolute atomic E-state index is 12.3. The minimum Gasteiger partial charge on any atom is -0.322 e. The second kappa shape index (κ2) is 8.95. The van der Waals surface area contributed by atoms with Crippen molar-refractivity contribution < 1.29 is 0 Å². The van der Waals surface area contributed by atoms with E-state index in [1.807, 2.05) is 30.3 Å². The molecular weight excluding hydrogens is 439 g/mol. The van der Waals surface area contributed by atoms with Crippen molar-refractivity contribution in [3.8, 4) is 0 Å². The number of rotatable bonds is 4. The van der Waals surface area contributed by atoms with Gasteiger partial charge in [-0.1, -0.05) is 59.6 Å². The van der Waals surface area contributed by atoms with E-state index in [4.69, 9.17) is 23.2 Å². The molecule has 160 valence electrons. The number of halogens is 2. The summed E-state index contributed by atoms with van der Waals surface area (Å²) in [7, 11) is 0. The predicted octanol–water partition coefficient (Wildman–Crippen LogP) is 6.39. The van der Waals surface area contributed by atoms with Crippen LogP contribution >= 0.6 is 23.2 Å². The van der Waals surface area contributed by atoms with Gasteiger partial charge in [0.05, 0.1) is 0 Å². The minimum absolute atomic E-state index is 0.00992. The first-order valence-electron chi connectivity index (χ1n) is 10.7. The summed E-state index contributed by atoms with van der Waals surface area (Å²) < 4.78 is 0. The lowest BCUT2D eigenvalue weighted by Crippen LogP contribution is -2.20. The van der Waals surface area contributed by atoms with Gasteiger partial charge in [-0.25, -0.2) is 0 Å². The first-order valence-corrected chi connectivity index (χ1v) is 11.4. The molecule has 1 aliphatic heterocycles. The normalized spacial score (nSPS) is 14.0. The molecule has 0 aliphatic carbocycles. The van der Waals surface area contributed by atoms with E-state index in [2.05, 4.69) is 52.8 Å². The monoisotopic (exact) mass is 460 g/mol. The van der Waals surface area contributed by atoms with Gasteiger partial charge < -0.3 is 10.3 Å². The standard InChI is InChI=1S/C27H22Cl2N2O/c28-21-6-1-18(2-7-21)27(19-3-8-22(29)9-4-19)20-5-10-25-24(15-20)23(16-26(32)31-25)17-11-13-30-14-12-17/h1-11,15-16,27,30H,12-14H2,(H,31,32). The molecule has 32 heavy (non-hydrogen) atoms. The number of fused-ring (bicyclic) bond motifs is 1. The van der Waals surface area contributed by atoms with E-state index in [1.54, 1.807) is 6.07 Å². The van der Waals surface area contributed by atoms with E-state index in [0.29, 0.717) is 10.0 Å². The fourth-order valence-corrected chi connectivity index (χ4v) is 4.72. The Morgan fingerprint density at radius 2 is 1.41 bits per heavy atom. The fourth-order valence-electron chi connectivity index (χ4n) is 4.47. The maximum atomic E-state index is 12.3. The topological polar surface area (TPSA) is 44.9 Å². The van der Waals surface area contributed by atoms with E-state index in [0.717, 1.165) is 52.7 Å². The van der Waals surface area contributed by atoms with Crippen molar-refractivity contribution in [2.45, 2.75) is 12.3 Å². The Morgan fingerprint density at radius 1 is 0.781 bits per heavy atom. The lowest BCUT2D eigenvalue weighted by atomic mass is 9.84. The average Bonchev–Trinajstić information content (AvgIpc) is 2.82. The van der Waals surface area contributed by atoms with Gasteiger partial charge in [-0.2, -0.15) is 0 Å². The molecule has 0 atom stereocenters. The van der Waals surface area contributed by atoms with E-state index in [9.17, 15) is 4.79 Å². The Kier molecular flexibility index (Phi) is 5.88. The highest BCUT2D eigenvalue weighted by Crippen LogP contribution is 2.36. The van der Waals surface area contributed by atoms with Gasteiger partial charge in [-0.05, 0) is 77.2 Å². The van der Waals surface area contributed by atoms with Gasteiger partial charge in [-0.3, -0.25) is 4.79 Å². The number of H-pyrrole nitrogens is 1. The van der Waals surface area contributed by atoms with Gasteiger partial charge in [0.1, 0.15) is 0 Å². The van der Waals surface area contributed by atoms with Crippen molar-refractivity contribution in [2.75, 3.05) is 13.1 Å². The van der Waals surface area contributed by atoms with Crippen LogP contribution in [-0.2, 0) is 0 Å². The third kappa shape index (κ3) is 4.24. The molecule has 0 fully saturated rings. The predicted molar refractivity (Wildman–Crippen MR) is 134 cm³/mol. The zero-order chi connectivity index (χ0) is 22.1. The van der Waals surface area contributed by atoms with Crippen LogP contribution in [0.1, 0.15) is 34.6 Å². The molecular formula is C27H22Cl2N2O. The molecule has 4 aromatic rings. The maximum Gasteiger partial charge on any atom is 0.249 e. The molecule has 0 saturated carbocycles. The number of aromatic amines is 1. The van der Waals surface area contributed by atoms with Gasteiger partial charge in [0.15, 0.2) is 0 Å². The zero-order valence-corrected chi connectivity index (χ0v) is 18.9. The van der Waals surface area contributed by atoms with Crippen molar-refractivity contribution in [1.29, 1.82) is 0 Å². The highest BCUT2D eigenvalue weighted by Gasteiger charge is 2.19. The third-order valence-electron chi connectivity index (χ3n) is 6.02. The van der Waals surface area contributed by atoms with Gasteiger partial charge in [0, 0.05) is 39.5 Å². The number of hydrogen-bond donors (Lipinski definition) is 2. The number of benzene rings is 3. The lowest BCUT2D eigenvalue weighted by Gasteiger charge is -2.21. The molecule has 5 heteroatoms. The summed E-state index contributed by atoms with van der Waals surface area (Å²) in [5.41, 5.74) is 6.43. The van der Waals surface area contributed by atoms with Crippen molar-refractivity contribution in [1.82, 2.24) is 10.3 Å². The molecule has 0 amide bonds. The van der Waals surface area contributed by atoms with E-state index < -0.39 is 0 Å². The van der Waals surface area contributed by atoms with Gasteiger partial charge in [0.2, 0.25) is 5.56 Å². The van der Waals surface area contributed by atoms with Crippen LogP contribution < -0.4 is 10.9 Å². The average molecular weight is 461 g/mol. The van der Waals surface area contributed by atoms with Crippen LogP contribution in [0.2, 0.25) is 10.0 Å². The second-order valence-electron chi connectivity index (χ2n) is 8.07. The summed E-state index contributed by atoms with van der Waals surface area (Å²) in [4.78, 5) is 15.3. The summed E-state index contributed by atoms with van der Waals surface area (Å²) in [5.74, 6) is 0.00992. The van der Waals surface area contributed by atoms with Gasteiger partial charge in [-0.15, -0.1) is 0 Å². The molecule has 2 heterocycles. The first kappa shape index (κ1) is 21.0. The van der Waals surface area contributed by atoms with Crippen LogP contribution in [0, 0.1) is 0 Å². The summed E-state index contributed by atoms with van der Waals surface area (Å²) in [6.45, 7) is 1.74. The Bertz CT molecular complexity index is 1310. The molecule has 0 spiro atoms. The molecule has 0 bridgehead atoms. The Labute approximate surface area is 196 Å². The van der Waals surface area contributed by atoms with Crippen LogP contribution in [-0.4, -0.2) is 18.1 Å². The van der Waals surface area contributed by atoms with E-state index in [-0.39, 0.29) is 11.5 Å². The van der Waals surface area contributed by atoms with Crippen LogP contribution in [0.5, 0.6) is 0 Å². The summed E-state index contributed by atoms with van der Waals surface area (Å²) in [5, 5.41) is 5.82. The number of nitrogens with one attached hydrogen (secondary N) is 2. The molecule has 3 aromatic carbocycles. The fraction of sp³-hybridized carbons (Fsp3) is 0.148. The van der Waals surface area contributed by atoms with Crippen LogP contribution in [0.25, 0.3) is 16.5 Å². The molecule has 0 radical (unpaired) electrons. The highest BCUT2D eigenvalue weighted by molar-refractivity contribution is 6.30. The SMILES string of the molecule is O=c1cc(C2=CCNCC2)c2cc(C(c3ccc(Cl)cc3)c3ccc(Cl)cc3)ccc2[nH]1. The van der Waals surface area contributed by atoms with Crippen LogP contribution in [0.4, 0.5) is 0 Å². The Hall–Kier alpha value is -2.85. The van der Waals surface area contributed by atoms with E-state index in [1.165, 1.54) is 5.57 Å². The third-order valence-corrected chi connectivity index (χ3v) is 6.52. The van der Waals surface area contributed by atoms with E-state index >= 15 is 0 Å². The second-order valence-corrected chi connectivity index (χ2v) is 8.94. The van der Waals surface area contributed by atoms with Crippen molar-refractivity contribution in [3.63, 3.8) is 0 Å². The van der Waals surface area contributed by atoms with Crippen LogP contribution in [0.3, 0.4) is 0 Å². The quantitative estimate of drug-likeness (QED) is 0.346. The molecule has 1 aliphatic rings. The molecule has 0 unspecified atom stereocenters. The van der Waals surface area contributed by atoms with Crippen LogP contribution in [0.15, 0.2) is 83.7 Å². The Morgan fingerprint density at radius 3 is 2.00 bits per heavy atom. The van der Waals surface area contributed by atoms with Crippen molar-refractivity contribution in [2.24, 2.45) is 0 Å². The van der Waals surface area contributed by atoms with Crippen molar-refractivity contribution in [3.05, 3.63) is 122 Å². The molecule has 3 nitrogen and oxygen atoms in total. The lowest BCUT2D eigenvalue weighted by molar-refractivity contribution is 0.739. The minimum atomic E-state index is -0.0772. The first-order chi connectivity index (χ1) is 15.6. The zero-order valence-electron chi connectivity index (χ0n) is 17.4. The molecule has 2 N–H and O–H groups in total. The Balaban J connectivity index is 1.71. The number of hydrogen-bond acceptors (Lipinski definition) is 2. The smallest absolute Gasteiger partial charge is 0.249 e. The highest BCUT2D eigenvalue weighted by atomic mass is 35.5. The molecule has 1 aromatic heterocycles. The molecule has 0 saturated heterocycles. The summed E-state index contributed by atoms with van der Waals surface area (Å²) in [6, 6.07) is 24.0. The summed E-state index contributed by atoms with van der Waals surface area (Å²) in [6.07, 6.45) is 3.08. The van der Waals surface area contributed by atoms with Gasteiger partial charge >= 0.3 is 0 Å². The largest absolute Gasteiger partial charge is 0.322 e. The van der Waals surface area contributed by atoms with Crippen molar-refractivity contribution >= 4 is 39.7 Å².